The predicted molar refractivity (Wildman–Crippen MR) is 81.2 cm³/mol. The quantitative estimate of drug-likeness (QED) is 0.788. The van der Waals surface area contributed by atoms with Gasteiger partial charge in [0.25, 0.3) is 0 Å². The minimum atomic E-state index is -0.271. The summed E-state index contributed by atoms with van der Waals surface area (Å²) in [5, 5.41) is 3.25. The van der Waals surface area contributed by atoms with Gasteiger partial charge in [-0.25, -0.2) is 4.39 Å². The maximum Gasteiger partial charge on any atom is 0.102 e. The van der Waals surface area contributed by atoms with Crippen molar-refractivity contribution < 1.29 is 4.39 Å². The zero-order valence-electron chi connectivity index (χ0n) is 13.9. The molecule has 0 amide bonds. The minimum absolute atomic E-state index is 0.187. The van der Waals surface area contributed by atoms with Crippen LogP contribution < -0.4 is 5.32 Å². The van der Waals surface area contributed by atoms with Crippen molar-refractivity contribution in [3.8, 4) is 0 Å². The zero-order valence-corrected chi connectivity index (χ0v) is 13.9. The van der Waals surface area contributed by atoms with E-state index in [1.54, 1.807) is 0 Å². The smallest absolute Gasteiger partial charge is 0.102 e. The fraction of sp³-hybridized carbons (Fsp3) is 1.00. The summed E-state index contributed by atoms with van der Waals surface area (Å²) in [7, 11) is 0. The van der Waals surface area contributed by atoms with Crippen LogP contribution in [0.3, 0.4) is 0 Å². The minimum Gasteiger partial charge on any atom is -0.314 e. The standard InChI is InChI=1S/C16H33FN2/c1-12-13(11-18-9-8-17)10-14(15(2,3)4)19(12)16(5,6)7/h12-14,18H,8-11H2,1-7H3/t12-,13-,14+/m1/s1. The highest BCUT2D eigenvalue weighted by molar-refractivity contribution is 5.01. The van der Waals surface area contributed by atoms with E-state index in [2.05, 4.69) is 58.7 Å². The Morgan fingerprint density at radius 1 is 1.16 bits per heavy atom. The molecule has 1 rings (SSSR count). The maximum absolute atomic E-state index is 12.2. The Kier molecular flexibility index (Phi) is 5.42. The monoisotopic (exact) mass is 272 g/mol. The lowest BCUT2D eigenvalue weighted by Crippen LogP contribution is -2.53. The van der Waals surface area contributed by atoms with Crippen molar-refractivity contribution in [2.75, 3.05) is 19.8 Å². The normalized spacial score (nSPS) is 30.0. The number of likely N-dealkylation sites (tertiary alicyclic amines) is 1. The molecule has 1 aliphatic heterocycles. The third-order valence-electron chi connectivity index (χ3n) is 4.43. The van der Waals surface area contributed by atoms with Crippen LogP contribution in [0.1, 0.15) is 54.9 Å². The lowest BCUT2D eigenvalue weighted by Gasteiger charge is -2.45. The molecule has 0 saturated carbocycles. The van der Waals surface area contributed by atoms with Crippen LogP contribution in [0.5, 0.6) is 0 Å². The molecule has 114 valence electrons. The molecular weight excluding hydrogens is 239 g/mol. The summed E-state index contributed by atoms with van der Waals surface area (Å²) in [6, 6.07) is 1.15. The second-order valence-corrected chi connectivity index (χ2v) is 8.09. The Hall–Kier alpha value is -0.150. The molecule has 0 radical (unpaired) electrons. The van der Waals surface area contributed by atoms with Gasteiger partial charge in [-0.2, -0.15) is 0 Å². The molecule has 19 heavy (non-hydrogen) atoms. The highest BCUT2D eigenvalue weighted by Crippen LogP contribution is 2.42. The van der Waals surface area contributed by atoms with Crippen LogP contribution in [0.15, 0.2) is 0 Å². The average molecular weight is 272 g/mol. The predicted octanol–water partition coefficient (Wildman–Crippen LogP) is 3.47. The molecule has 1 saturated heterocycles. The van der Waals surface area contributed by atoms with Crippen LogP contribution in [0.2, 0.25) is 0 Å². The number of alkyl halides is 1. The van der Waals surface area contributed by atoms with Crippen molar-refractivity contribution in [2.45, 2.75) is 72.5 Å². The summed E-state index contributed by atoms with van der Waals surface area (Å²) in [5.41, 5.74) is 0.475. The summed E-state index contributed by atoms with van der Waals surface area (Å²) < 4.78 is 12.2. The molecule has 0 aromatic rings. The maximum atomic E-state index is 12.2. The third kappa shape index (κ3) is 4.16. The van der Waals surface area contributed by atoms with Crippen molar-refractivity contribution in [1.29, 1.82) is 0 Å². The van der Waals surface area contributed by atoms with Gasteiger partial charge in [0, 0.05) is 24.2 Å². The summed E-state index contributed by atoms with van der Waals surface area (Å²) in [5.74, 6) is 0.620. The Labute approximate surface area is 119 Å². The fourth-order valence-corrected chi connectivity index (χ4v) is 3.57. The topological polar surface area (TPSA) is 15.3 Å². The molecule has 1 heterocycles. The van der Waals surface area contributed by atoms with Crippen molar-refractivity contribution in [3.05, 3.63) is 0 Å². The van der Waals surface area contributed by atoms with Crippen molar-refractivity contribution in [2.24, 2.45) is 11.3 Å². The van der Waals surface area contributed by atoms with Crippen molar-refractivity contribution >= 4 is 0 Å². The van der Waals surface area contributed by atoms with Gasteiger partial charge in [-0.3, -0.25) is 4.90 Å². The summed E-state index contributed by atoms with van der Waals surface area (Å²) in [6.07, 6.45) is 1.21. The number of hydrogen-bond acceptors (Lipinski definition) is 2. The van der Waals surface area contributed by atoms with E-state index in [-0.39, 0.29) is 17.6 Å². The molecule has 1 fully saturated rings. The average Bonchev–Trinajstić information content (AvgIpc) is 2.55. The molecule has 0 unspecified atom stereocenters. The molecule has 0 aromatic heterocycles. The van der Waals surface area contributed by atoms with E-state index in [1.165, 1.54) is 6.42 Å². The number of halogens is 1. The van der Waals surface area contributed by atoms with Crippen LogP contribution in [-0.4, -0.2) is 42.3 Å². The first-order valence-electron chi connectivity index (χ1n) is 7.64. The van der Waals surface area contributed by atoms with Gasteiger partial charge in [0.2, 0.25) is 0 Å². The van der Waals surface area contributed by atoms with Gasteiger partial charge >= 0.3 is 0 Å². The lowest BCUT2D eigenvalue weighted by atomic mass is 9.82. The SMILES string of the molecule is C[C@@H]1[C@@H](CNCCF)C[C@@H](C(C)(C)C)N1C(C)(C)C. The van der Waals surface area contributed by atoms with Gasteiger partial charge < -0.3 is 5.32 Å². The van der Waals surface area contributed by atoms with Crippen molar-refractivity contribution in [1.82, 2.24) is 10.2 Å². The van der Waals surface area contributed by atoms with E-state index in [0.717, 1.165) is 6.54 Å². The molecule has 2 nitrogen and oxygen atoms in total. The molecule has 3 heteroatoms. The number of rotatable bonds is 4. The lowest BCUT2D eigenvalue weighted by molar-refractivity contribution is 0.0277. The van der Waals surface area contributed by atoms with E-state index < -0.39 is 0 Å². The van der Waals surface area contributed by atoms with Crippen LogP contribution in [0.4, 0.5) is 4.39 Å². The molecule has 0 aliphatic carbocycles. The Bertz CT molecular complexity index is 277. The van der Waals surface area contributed by atoms with Gasteiger partial charge in [-0.05, 0) is 52.0 Å². The van der Waals surface area contributed by atoms with Gasteiger partial charge in [0.15, 0.2) is 0 Å². The largest absolute Gasteiger partial charge is 0.314 e. The first kappa shape index (κ1) is 16.9. The summed E-state index contributed by atoms with van der Waals surface area (Å²) in [4.78, 5) is 2.68. The number of nitrogens with one attached hydrogen (secondary N) is 1. The molecule has 3 atom stereocenters. The van der Waals surface area contributed by atoms with Gasteiger partial charge in [0.1, 0.15) is 6.67 Å². The Balaban J connectivity index is 2.82. The second-order valence-electron chi connectivity index (χ2n) is 8.09. The van der Waals surface area contributed by atoms with Crippen LogP contribution in [0.25, 0.3) is 0 Å². The number of nitrogens with zero attached hydrogens (tertiary/aromatic N) is 1. The molecular formula is C16H33FN2. The summed E-state index contributed by atoms with van der Waals surface area (Å²) >= 11 is 0. The van der Waals surface area contributed by atoms with Crippen LogP contribution in [-0.2, 0) is 0 Å². The first-order valence-corrected chi connectivity index (χ1v) is 7.64. The van der Waals surface area contributed by atoms with E-state index in [9.17, 15) is 4.39 Å². The third-order valence-corrected chi connectivity index (χ3v) is 4.43. The molecule has 1 N–H and O–H groups in total. The van der Waals surface area contributed by atoms with Gasteiger partial charge in [-0.1, -0.05) is 20.8 Å². The second kappa shape index (κ2) is 6.09. The van der Waals surface area contributed by atoms with E-state index in [4.69, 9.17) is 0 Å². The Morgan fingerprint density at radius 2 is 1.74 bits per heavy atom. The number of hydrogen-bond donors (Lipinski definition) is 1. The van der Waals surface area contributed by atoms with Crippen molar-refractivity contribution in [3.63, 3.8) is 0 Å². The molecule has 0 bridgehead atoms. The first-order chi connectivity index (χ1) is 8.59. The molecule has 0 aromatic carbocycles. The van der Waals surface area contributed by atoms with E-state index in [0.29, 0.717) is 24.5 Å². The molecule has 1 aliphatic rings. The fourth-order valence-electron chi connectivity index (χ4n) is 3.57. The van der Waals surface area contributed by atoms with E-state index >= 15 is 0 Å². The van der Waals surface area contributed by atoms with Crippen LogP contribution in [0, 0.1) is 11.3 Å². The van der Waals surface area contributed by atoms with Gasteiger partial charge in [0.05, 0.1) is 0 Å². The Morgan fingerprint density at radius 3 is 2.11 bits per heavy atom. The van der Waals surface area contributed by atoms with Gasteiger partial charge in [-0.15, -0.1) is 0 Å². The van der Waals surface area contributed by atoms with E-state index in [1.807, 2.05) is 0 Å². The summed E-state index contributed by atoms with van der Waals surface area (Å²) in [6.45, 7) is 17.4. The highest BCUT2D eigenvalue weighted by Gasteiger charge is 2.47. The molecule has 0 spiro atoms. The zero-order chi connectivity index (χ0) is 14.8. The highest BCUT2D eigenvalue weighted by atomic mass is 19.1. The van der Waals surface area contributed by atoms with Crippen LogP contribution >= 0.6 is 0 Å².